The fourth-order valence-electron chi connectivity index (χ4n) is 3.98. The Bertz CT molecular complexity index is 1030. The van der Waals surface area contributed by atoms with E-state index in [1.807, 2.05) is 11.0 Å². The summed E-state index contributed by atoms with van der Waals surface area (Å²) in [7, 11) is 0. The molecule has 0 radical (unpaired) electrons. The van der Waals surface area contributed by atoms with E-state index >= 15 is 0 Å². The van der Waals surface area contributed by atoms with Crippen molar-refractivity contribution in [2.24, 2.45) is 0 Å². The summed E-state index contributed by atoms with van der Waals surface area (Å²) >= 11 is 0. The summed E-state index contributed by atoms with van der Waals surface area (Å²) in [6, 6.07) is 8.12. The Labute approximate surface area is 173 Å². The second-order valence-electron chi connectivity index (χ2n) is 7.64. The average Bonchev–Trinajstić information content (AvgIpc) is 3.24. The molecule has 9 heteroatoms. The van der Waals surface area contributed by atoms with Gasteiger partial charge in [0, 0.05) is 43.9 Å². The van der Waals surface area contributed by atoms with Gasteiger partial charge in [0.15, 0.2) is 0 Å². The summed E-state index contributed by atoms with van der Waals surface area (Å²) in [4.78, 5) is 28.1. The number of rotatable bonds is 3. The van der Waals surface area contributed by atoms with Crippen molar-refractivity contribution in [2.75, 3.05) is 25.0 Å². The fourth-order valence-corrected chi connectivity index (χ4v) is 3.98. The second kappa shape index (κ2) is 7.81. The van der Waals surface area contributed by atoms with Gasteiger partial charge >= 0.3 is 0 Å². The van der Waals surface area contributed by atoms with Gasteiger partial charge in [0.2, 0.25) is 11.8 Å². The minimum Gasteiger partial charge on any atom is -0.354 e. The van der Waals surface area contributed by atoms with Crippen molar-refractivity contribution in [3.05, 3.63) is 54.0 Å². The third kappa shape index (κ3) is 3.62. The number of hydrogen-bond donors (Lipinski definition) is 1. The van der Waals surface area contributed by atoms with Gasteiger partial charge in [0.05, 0.1) is 5.69 Å². The summed E-state index contributed by atoms with van der Waals surface area (Å²) in [5.74, 6) is 1.48. The zero-order valence-electron chi connectivity index (χ0n) is 16.5. The summed E-state index contributed by atoms with van der Waals surface area (Å²) in [5.41, 5.74) is 1.63. The minimum atomic E-state index is -0.270. The molecule has 154 valence electrons. The number of nitrogens with zero attached hydrogens (tertiary/aromatic N) is 6. The summed E-state index contributed by atoms with van der Waals surface area (Å²) in [6.07, 6.45) is 4.28. The Morgan fingerprint density at radius 3 is 2.63 bits per heavy atom. The maximum absolute atomic E-state index is 13.2. The first-order valence-corrected chi connectivity index (χ1v) is 10.2. The van der Waals surface area contributed by atoms with Crippen molar-refractivity contribution < 1.29 is 9.18 Å². The number of carbonyl (C=O) groups excluding carboxylic acids is 1. The number of aryl methyl sites for hydroxylation is 1. The number of nitrogens with one attached hydrogen (secondary N) is 1. The van der Waals surface area contributed by atoms with E-state index in [9.17, 15) is 9.18 Å². The predicted octanol–water partition coefficient (Wildman–Crippen LogP) is 2.71. The molecular formula is C21H22FN7O. The first-order chi connectivity index (χ1) is 14.7. The first kappa shape index (κ1) is 18.7. The molecule has 1 N–H and O–H groups in total. The van der Waals surface area contributed by atoms with Crippen LogP contribution >= 0.6 is 0 Å². The van der Waals surface area contributed by atoms with Gasteiger partial charge in [-0.1, -0.05) is 0 Å². The molecule has 2 aromatic heterocycles. The number of aromatic nitrogens is 5. The number of benzene rings is 1. The van der Waals surface area contributed by atoms with Crippen molar-refractivity contribution in [1.29, 1.82) is 0 Å². The highest BCUT2D eigenvalue weighted by molar-refractivity contribution is 5.90. The van der Waals surface area contributed by atoms with Crippen LogP contribution in [0.1, 0.15) is 41.6 Å². The molecule has 1 fully saturated rings. The number of carbonyl (C=O) groups is 1. The number of amides is 1. The topological polar surface area (TPSA) is 88.8 Å². The van der Waals surface area contributed by atoms with Gasteiger partial charge in [-0.2, -0.15) is 4.98 Å². The minimum absolute atomic E-state index is 0.127. The van der Waals surface area contributed by atoms with Crippen molar-refractivity contribution in [1.82, 2.24) is 29.6 Å². The number of piperidine rings is 1. The monoisotopic (exact) mass is 407 g/mol. The van der Waals surface area contributed by atoms with Gasteiger partial charge in [-0.3, -0.25) is 4.79 Å². The van der Waals surface area contributed by atoms with E-state index in [2.05, 4.69) is 20.4 Å². The smallest absolute Gasteiger partial charge is 0.293 e. The molecule has 2 aliphatic rings. The van der Waals surface area contributed by atoms with Gasteiger partial charge in [0.1, 0.15) is 11.6 Å². The molecule has 0 aliphatic carbocycles. The molecule has 0 spiro atoms. The molecule has 0 atom stereocenters. The molecule has 0 bridgehead atoms. The maximum Gasteiger partial charge on any atom is 0.293 e. The van der Waals surface area contributed by atoms with E-state index in [0.717, 1.165) is 49.4 Å². The lowest BCUT2D eigenvalue weighted by Crippen LogP contribution is -2.38. The van der Waals surface area contributed by atoms with Crippen LogP contribution in [0.5, 0.6) is 0 Å². The van der Waals surface area contributed by atoms with Crippen LogP contribution in [-0.4, -0.2) is 55.2 Å². The second-order valence-corrected chi connectivity index (χ2v) is 7.64. The third-order valence-electron chi connectivity index (χ3n) is 5.65. The molecule has 1 aromatic carbocycles. The molecule has 8 nitrogen and oxygen atoms in total. The Morgan fingerprint density at radius 2 is 1.87 bits per heavy atom. The predicted molar refractivity (Wildman–Crippen MR) is 108 cm³/mol. The zero-order valence-corrected chi connectivity index (χ0v) is 16.5. The van der Waals surface area contributed by atoms with E-state index in [4.69, 9.17) is 4.98 Å². The molecular weight excluding hydrogens is 385 g/mol. The van der Waals surface area contributed by atoms with E-state index in [1.54, 1.807) is 23.0 Å². The van der Waals surface area contributed by atoms with E-state index < -0.39 is 0 Å². The van der Waals surface area contributed by atoms with Crippen LogP contribution in [0.4, 0.5) is 10.3 Å². The molecule has 1 saturated heterocycles. The van der Waals surface area contributed by atoms with E-state index in [-0.39, 0.29) is 23.5 Å². The largest absolute Gasteiger partial charge is 0.354 e. The summed E-state index contributed by atoms with van der Waals surface area (Å²) < 4.78 is 14.9. The highest BCUT2D eigenvalue weighted by Crippen LogP contribution is 2.28. The fraction of sp³-hybridized carbons (Fsp3) is 0.381. The van der Waals surface area contributed by atoms with Crippen molar-refractivity contribution in [2.45, 2.75) is 31.7 Å². The molecule has 1 amide bonds. The Hall–Kier alpha value is -3.36. The maximum atomic E-state index is 13.2. The van der Waals surface area contributed by atoms with Crippen LogP contribution in [0.3, 0.4) is 0 Å². The lowest BCUT2D eigenvalue weighted by atomic mass is 9.95. The van der Waals surface area contributed by atoms with Crippen LogP contribution in [-0.2, 0) is 6.54 Å². The van der Waals surface area contributed by atoms with Crippen molar-refractivity contribution in [3.8, 4) is 11.3 Å². The molecule has 0 saturated carbocycles. The van der Waals surface area contributed by atoms with Gasteiger partial charge in [-0.05, 0) is 49.6 Å². The number of fused-ring (bicyclic) bond motifs is 1. The van der Waals surface area contributed by atoms with Gasteiger partial charge in [0.25, 0.3) is 5.91 Å². The molecule has 30 heavy (non-hydrogen) atoms. The normalized spacial score (nSPS) is 16.8. The van der Waals surface area contributed by atoms with Gasteiger partial charge in [-0.25, -0.2) is 19.0 Å². The van der Waals surface area contributed by atoms with Crippen LogP contribution in [0, 0.1) is 5.82 Å². The van der Waals surface area contributed by atoms with E-state index in [1.165, 1.54) is 12.1 Å². The van der Waals surface area contributed by atoms with Crippen LogP contribution < -0.4 is 5.32 Å². The Balaban J connectivity index is 1.26. The standard InChI is InChI=1S/C21H22FN7O/c22-16-4-2-14(3-5-16)17-6-10-23-18(25-17)15-7-12-28(13-8-15)20(30)19-26-21-24-9-1-11-29(21)27-19/h2-6,10,15H,1,7-9,11-13H2,(H,24,26,27). The number of likely N-dealkylation sites (tertiary alicyclic amines) is 1. The average molecular weight is 407 g/mol. The lowest BCUT2D eigenvalue weighted by Gasteiger charge is -2.30. The quantitative estimate of drug-likeness (QED) is 0.718. The van der Waals surface area contributed by atoms with Gasteiger partial charge < -0.3 is 10.2 Å². The van der Waals surface area contributed by atoms with Crippen molar-refractivity contribution >= 4 is 11.9 Å². The van der Waals surface area contributed by atoms with Crippen LogP contribution in [0.25, 0.3) is 11.3 Å². The Kier molecular flexibility index (Phi) is 4.86. The zero-order chi connectivity index (χ0) is 20.5. The molecule has 2 aliphatic heterocycles. The summed E-state index contributed by atoms with van der Waals surface area (Å²) in [6.45, 7) is 2.87. The SMILES string of the molecule is O=C(c1nc2n(n1)CCCN2)N1CCC(c2nccc(-c3ccc(F)cc3)n2)CC1. The molecule has 4 heterocycles. The highest BCUT2D eigenvalue weighted by Gasteiger charge is 2.29. The lowest BCUT2D eigenvalue weighted by molar-refractivity contribution is 0.0698. The number of anilines is 1. The van der Waals surface area contributed by atoms with E-state index in [0.29, 0.717) is 19.0 Å². The van der Waals surface area contributed by atoms with Gasteiger partial charge in [-0.15, -0.1) is 5.10 Å². The third-order valence-corrected chi connectivity index (χ3v) is 5.65. The molecule has 3 aromatic rings. The number of hydrogen-bond acceptors (Lipinski definition) is 6. The Morgan fingerprint density at radius 1 is 1.07 bits per heavy atom. The molecule has 5 rings (SSSR count). The van der Waals surface area contributed by atoms with Crippen LogP contribution in [0.2, 0.25) is 0 Å². The van der Waals surface area contributed by atoms with Crippen molar-refractivity contribution in [3.63, 3.8) is 0 Å². The highest BCUT2D eigenvalue weighted by atomic mass is 19.1. The molecule has 0 unspecified atom stereocenters. The summed E-state index contributed by atoms with van der Waals surface area (Å²) in [5, 5.41) is 7.53. The first-order valence-electron chi connectivity index (χ1n) is 10.2. The number of halogens is 1. The van der Waals surface area contributed by atoms with Crippen LogP contribution in [0.15, 0.2) is 36.5 Å².